The van der Waals surface area contributed by atoms with Crippen LogP contribution in [0.15, 0.2) is 27.8 Å². The van der Waals surface area contributed by atoms with Gasteiger partial charge in [-0.05, 0) is 31.0 Å². The number of aromatic amines is 2. The first-order valence-electron chi connectivity index (χ1n) is 5.31. The Morgan fingerprint density at radius 1 is 1.12 bits per heavy atom. The van der Waals surface area contributed by atoms with Crippen LogP contribution < -0.4 is 11.1 Å². The van der Waals surface area contributed by atoms with E-state index < -0.39 is 0 Å². The van der Waals surface area contributed by atoms with Crippen molar-refractivity contribution in [2.75, 3.05) is 0 Å². The maximum Gasteiger partial charge on any atom is 0.270 e. The van der Waals surface area contributed by atoms with E-state index in [1.54, 1.807) is 18.2 Å². The van der Waals surface area contributed by atoms with Crippen molar-refractivity contribution in [2.45, 2.75) is 19.8 Å². The normalized spacial score (nSPS) is 10.6. The molecule has 2 aromatic rings. The molecule has 1 aromatic heterocycles. The maximum absolute atomic E-state index is 11.5. The number of aryl methyl sites for hydroxylation is 1. The zero-order valence-corrected chi connectivity index (χ0v) is 9.37. The van der Waals surface area contributed by atoms with Gasteiger partial charge in [0.25, 0.3) is 11.1 Å². The molecule has 5 heteroatoms. The highest BCUT2D eigenvalue weighted by atomic mass is 16.1. The summed E-state index contributed by atoms with van der Waals surface area (Å²) in [5, 5.41) is 5.26. The van der Waals surface area contributed by atoms with Crippen LogP contribution in [0.4, 0.5) is 0 Å². The standard InChI is InChI=1S/C12H12N2O3/c1-7(15)2-3-8-4-5-9-10(6-8)12(17)14-13-11(9)16/h4-6H,2-3H2,1H3,(H,13,16)(H,14,17). The van der Waals surface area contributed by atoms with Gasteiger partial charge in [0.05, 0.1) is 10.8 Å². The van der Waals surface area contributed by atoms with E-state index in [0.717, 1.165) is 5.56 Å². The van der Waals surface area contributed by atoms with Crippen molar-refractivity contribution in [3.8, 4) is 0 Å². The zero-order valence-electron chi connectivity index (χ0n) is 9.37. The van der Waals surface area contributed by atoms with Crippen LogP contribution in [0, 0.1) is 0 Å². The predicted molar refractivity (Wildman–Crippen MR) is 64.2 cm³/mol. The van der Waals surface area contributed by atoms with Crippen LogP contribution >= 0.6 is 0 Å². The zero-order chi connectivity index (χ0) is 12.4. The van der Waals surface area contributed by atoms with Crippen LogP contribution in [0.3, 0.4) is 0 Å². The topological polar surface area (TPSA) is 82.8 Å². The van der Waals surface area contributed by atoms with Gasteiger partial charge in [-0.15, -0.1) is 0 Å². The molecule has 0 unspecified atom stereocenters. The van der Waals surface area contributed by atoms with E-state index in [-0.39, 0.29) is 16.9 Å². The third-order valence-electron chi connectivity index (χ3n) is 2.63. The van der Waals surface area contributed by atoms with Crippen LogP contribution in [0.2, 0.25) is 0 Å². The molecule has 88 valence electrons. The lowest BCUT2D eigenvalue weighted by Crippen LogP contribution is -2.18. The Bertz CT molecular complexity index is 682. The predicted octanol–water partition coefficient (Wildman–Crippen LogP) is 0.738. The lowest BCUT2D eigenvalue weighted by atomic mass is 10.0. The quantitative estimate of drug-likeness (QED) is 0.818. The Labute approximate surface area is 96.5 Å². The van der Waals surface area contributed by atoms with Crippen LogP contribution in [0.5, 0.6) is 0 Å². The fraction of sp³-hybridized carbons (Fsp3) is 0.250. The SMILES string of the molecule is CC(=O)CCc1ccc2c(=O)[nH][nH]c(=O)c2c1. The minimum atomic E-state index is -0.329. The fourth-order valence-electron chi connectivity index (χ4n) is 1.70. The molecule has 0 aliphatic rings. The Kier molecular flexibility index (Phi) is 2.91. The van der Waals surface area contributed by atoms with Crippen LogP contribution in [-0.2, 0) is 11.2 Å². The molecular weight excluding hydrogens is 220 g/mol. The second-order valence-corrected chi connectivity index (χ2v) is 3.99. The Morgan fingerprint density at radius 2 is 1.76 bits per heavy atom. The number of hydrogen-bond acceptors (Lipinski definition) is 3. The van der Waals surface area contributed by atoms with Gasteiger partial charge < -0.3 is 4.79 Å². The number of H-pyrrole nitrogens is 2. The average molecular weight is 232 g/mol. The van der Waals surface area contributed by atoms with Crippen molar-refractivity contribution in [3.63, 3.8) is 0 Å². The summed E-state index contributed by atoms with van der Waals surface area (Å²) in [6, 6.07) is 5.03. The first-order chi connectivity index (χ1) is 8.08. The molecule has 0 fully saturated rings. The highest BCUT2D eigenvalue weighted by Gasteiger charge is 2.04. The van der Waals surface area contributed by atoms with E-state index in [4.69, 9.17) is 0 Å². The number of carbonyl (C=O) groups excluding carboxylic acids is 1. The number of hydrogen-bond donors (Lipinski definition) is 2. The molecule has 0 amide bonds. The largest absolute Gasteiger partial charge is 0.300 e. The number of aromatic nitrogens is 2. The highest BCUT2D eigenvalue weighted by molar-refractivity contribution is 5.81. The summed E-state index contributed by atoms with van der Waals surface area (Å²) in [7, 11) is 0. The summed E-state index contributed by atoms with van der Waals surface area (Å²) in [6.45, 7) is 1.53. The third kappa shape index (κ3) is 2.33. The molecular formula is C12H12N2O3. The van der Waals surface area contributed by atoms with E-state index in [2.05, 4.69) is 10.2 Å². The molecule has 0 atom stereocenters. The summed E-state index contributed by atoms with van der Waals surface area (Å²) >= 11 is 0. The van der Waals surface area contributed by atoms with E-state index >= 15 is 0 Å². The summed E-state index contributed by atoms with van der Waals surface area (Å²) < 4.78 is 0. The Hall–Kier alpha value is -2.17. The number of fused-ring (bicyclic) bond motifs is 1. The van der Waals surface area contributed by atoms with Gasteiger partial charge in [0, 0.05) is 6.42 Å². The molecule has 1 heterocycles. The monoisotopic (exact) mass is 232 g/mol. The molecule has 5 nitrogen and oxygen atoms in total. The number of benzene rings is 1. The van der Waals surface area contributed by atoms with Gasteiger partial charge >= 0.3 is 0 Å². The van der Waals surface area contributed by atoms with Crippen LogP contribution in [-0.4, -0.2) is 16.0 Å². The minimum Gasteiger partial charge on any atom is -0.300 e. The number of nitrogens with one attached hydrogen (secondary N) is 2. The summed E-state index contributed by atoms with van der Waals surface area (Å²) in [5.74, 6) is 0.102. The van der Waals surface area contributed by atoms with E-state index in [1.165, 1.54) is 6.92 Å². The smallest absolute Gasteiger partial charge is 0.270 e. The molecule has 1 aromatic carbocycles. The van der Waals surface area contributed by atoms with Crippen molar-refractivity contribution in [2.24, 2.45) is 0 Å². The van der Waals surface area contributed by atoms with Gasteiger partial charge in [-0.2, -0.15) is 0 Å². The van der Waals surface area contributed by atoms with Gasteiger partial charge in [-0.25, -0.2) is 0 Å². The molecule has 0 saturated carbocycles. The number of carbonyl (C=O) groups is 1. The van der Waals surface area contributed by atoms with Crippen LogP contribution in [0.25, 0.3) is 10.8 Å². The van der Waals surface area contributed by atoms with Crippen molar-refractivity contribution in [3.05, 3.63) is 44.5 Å². The Balaban J connectivity index is 2.50. The first-order valence-corrected chi connectivity index (χ1v) is 5.31. The van der Waals surface area contributed by atoms with E-state index in [9.17, 15) is 14.4 Å². The summed E-state index contributed by atoms with van der Waals surface area (Å²) in [4.78, 5) is 33.8. The maximum atomic E-state index is 11.5. The lowest BCUT2D eigenvalue weighted by Gasteiger charge is -2.01. The van der Waals surface area contributed by atoms with Gasteiger partial charge in [0.1, 0.15) is 5.78 Å². The van der Waals surface area contributed by atoms with Gasteiger partial charge in [0.2, 0.25) is 0 Å². The second kappa shape index (κ2) is 4.37. The molecule has 17 heavy (non-hydrogen) atoms. The average Bonchev–Trinajstić information content (AvgIpc) is 2.31. The number of rotatable bonds is 3. The number of ketones is 1. The molecule has 0 bridgehead atoms. The molecule has 0 saturated heterocycles. The van der Waals surface area contributed by atoms with E-state index in [0.29, 0.717) is 23.6 Å². The molecule has 2 rings (SSSR count). The molecule has 0 aliphatic heterocycles. The summed E-state index contributed by atoms with van der Waals surface area (Å²) in [6.07, 6.45) is 1.02. The fourth-order valence-corrected chi connectivity index (χ4v) is 1.70. The van der Waals surface area contributed by atoms with Gasteiger partial charge in [0.15, 0.2) is 0 Å². The molecule has 0 spiro atoms. The second-order valence-electron chi connectivity index (χ2n) is 3.99. The minimum absolute atomic E-state index is 0.102. The van der Waals surface area contributed by atoms with Gasteiger partial charge in [-0.3, -0.25) is 19.8 Å². The third-order valence-corrected chi connectivity index (χ3v) is 2.63. The molecule has 0 radical (unpaired) electrons. The Morgan fingerprint density at radius 3 is 2.41 bits per heavy atom. The van der Waals surface area contributed by atoms with Crippen LogP contribution in [0.1, 0.15) is 18.9 Å². The van der Waals surface area contributed by atoms with Crippen molar-refractivity contribution < 1.29 is 4.79 Å². The first kappa shape index (κ1) is 11.3. The van der Waals surface area contributed by atoms with Crippen molar-refractivity contribution in [1.82, 2.24) is 10.2 Å². The van der Waals surface area contributed by atoms with Gasteiger partial charge in [-0.1, -0.05) is 6.07 Å². The number of Topliss-reactive ketones (excluding diaryl/α,β-unsaturated/α-hetero) is 1. The van der Waals surface area contributed by atoms with E-state index in [1.807, 2.05) is 0 Å². The summed E-state index contributed by atoms with van der Waals surface area (Å²) in [5.41, 5.74) is 0.228. The van der Waals surface area contributed by atoms with Crippen molar-refractivity contribution in [1.29, 1.82) is 0 Å². The highest BCUT2D eigenvalue weighted by Crippen LogP contribution is 2.10. The lowest BCUT2D eigenvalue weighted by molar-refractivity contribution is -0.116. The van der Waals surface area contributed by atoms with Crippen molar-refractivity contribution >= 4 is 16.6 Å². The molecule has 0 aliphatic carbocycles. The molecule has 2 N–H and O–H groups in total.